The molecule has 0 aliphatic carbocycles. The fourth-order valence-corrected chi connectivity index (χ4v) is 7.81. The van der Waals surface area contributed by atoms with Gasteiger partial charge in [-0.05, 0) is 70.8 Å². The molecule has 0 aliphatic heterocycles. The van der Waals surface area contributed by atoms with E-state index in [1.54, 1.807) is 0 Å². The first-order valence-electron chi connectivity index (χ1n) is 16.8. The molecule has 6 aromatic carbocycles. The minimum Gasteiger partial charge on any atom is -0.759 e. The van der Waals surface area contributed by atoms with E-state index in [2.05, 4.69) is 206 Å². The summed E-state index contributed by atoms with van der Waals surface area (Å²) in [5, 5.41) is 0. The average molecular weight is 747 g/mol. The molecule has 2 aromatic heterocycles. The summed E-state index contributed by atoms with van der Waals surface area (Å²) >= 11 is 3.67. The summed E-state index contributed by atoms with van der Waals surface area (Å²) in [5.41, 5.74) is 10.1. The normalized spacial score (nSPS) is 10.6. The van der Waals surface area contributed by atoms with Gasteiger partial charge < -0.3 is 9.11 Å². The van der Waals surface area contributed by atoms with Crippen molar-refractivity contribution < 1.29 is 17.5 Å². The van der Waals surface area contributed by atoms with Crippen LogP contribution in [0.4, 0.5) is 0 Å². The van der Waals surface area contributed by atoms with E-state index in [-0.39, 0.29) is 0 Å². The Kier molecular flexibility index (Phi) is 12.7. The summed E-state index contributed by atoms with van der Waals surface area (Å²) in [6.45, 7) is 0. The van der Waals surface area contributed by atoms with Crippen LogP contribution in [-0.4, -0.2) is 17.5 Å². The summed E-state index contributed by atoms with van der Waals surface area (Å²) in [4.78, 5) is 5.15. The number of hydrogen-bond acceptors (Lipinski definition) is 4. The molecular weight excluding hydrogens is 713 g/mol. The molecule has 0 bridgehead atoms. The molecule has 0 unspecified atom stereocenters. The Hall–Kier alpha value is -5.67. The molecule has 260 valence electrons. The van der Waals surface area contributed by atoms with Crippen molar-refractivity contribution >= 4 is 33.1 Å². The average Bonchev–Trinajstić information content (AvgIpc) is 3.22. The lowest BCUT2D eigenvalue weighted by Crippen LogP contribution is -1.91. The van der Waals surface area contributed by atoms with Gasteiger partial charge in [-0.1, -0.05) is 133 Å². The quantitative estimate of drug-likeness (QED) is 0.0964. The Bertz CT molecular complexity index is 2000. The molecule has 8 rings (SSSR count). The van der Waals surface area contributed by atoms with E-state index in [1.807, 2.05) is 22.7 Å². The third kappa shape index (κ3) is 11.2. The van der Waals surface area contributed by atoms with E-state index in [9.17, 15) is 0 Å². The SMILES string of the molecule is O=S(=O)([O-])[O-].c1ccc(-c2cc(-c3ccccc3)[s+]c(-c3ccccc3)c2)cc1.c1ccc(-c2cc(-c3ccccc3)[s+]c(-c3ccccc3)c2)cc1. The molecule has 0 fully saturated rings. The predicted molar refractivity (Wildman–Crippen MR) is 221 cm³/mol. The highest BCUT2D eigenvalue weighted by molar-refractivity contribution is 7.79. The van der Waals surface area contributed by atoms with Gasteiger partial charge >= 0.3 is 0 Å². The van der Waals surface area contributed by atoms with E-state index in [1.165, 1.54) is 64.0 Å². The summed E-state index contributed by atoms with van der Waals surface area (Å²) in [6, 6.07) is 72.8. The lowest BCUT2D eigenvalue weighted by Gasteiger charge is -2.06. The van der Waals surface area contributed by atoms with Crippen molar-refractivity contribution in [2.45, 2.75) is 0 Å². The second kappa shape index (κ2) is 18.2. The topological polar surface area (TPSA) is 80.3 Å². The molecule has 0 amide bonds. The highest BCUT2D eigenvalue weighted by Gasteiger charge is 2.20. The Morgan fingerprint density at radius 3 is 0.642 bits per heavy atom. The molecule has 0 saturated carbocycles. The summed E-state index contributed by atoms with van der Waals surface area (Å²) < 4.78 is 34.1. The van der Waals surface area contributed by atoms with Crippen LogP contribution in [0.25, 0.3) is 64.0 Å². The first kappa shape index (κ1) is 37.1. The highest BCUT2D eigenvalue weighted by Crippen LogP contribution is 2.38. The van der Waals surface area contributed by atoms with Gasteiger partial charge in [0.25, 0.3) is 0 Å². The largest absolute Gasteiger partial charge is 0.759 e. The minimum absolute atomic E-state index is 1.25. The van der Waals surface area contributed by atoms with Crippen LogP contribution in [0.5, 0.6) is 0 Å². The molecule has 0 N–H and O–H groups in total. The van der Waals surface area contributed by atoms with Crippen LogP contribution in [0.2, 0.25) is 0 Å². The molecule has 7 heteroatoms. The van der Waals surface area contributed by atoms with E-state index in [0.29, 0.717) is 0 Å². The zero-order chi connectivity index (χ0) is 36.9. The zero-order valence-corrected chi connectivity index (χ0v) is 30.9. The summed E-state index contributed by atoms with van der Waals surface area (Å²) in [5.74, 6) is 0. The Morgan fingerprint density at radius 2 is 0.453 bits per heavy atom. The van der Waals surface area contributed by atoms with Crippen LogP contribution in [0.15, 0.2) is 206 Å². The summed E-state index contributed by atoms with van der Waals surface area (Å²) in [6.07, 6.45) is 0. The van der Waals surface area contributed by atoms with E-state index in [4.69, 9.17) is 17.5 Å². The molecule has 4 nitrogen and oxygen atoms in total. The monoisotopic (exact) mass is 746 g/mol. The van der Waals surface area contributed by atoms with Crippen LogP contribution >= 0.6 is 22.7 Å². The fourth-order valence-electron chi connectivity index (χ4n) is 5.58. The number of rotatable bonds is 6. The van der Waals surface area contributed by atoms with E-state index in [0.717, 1.165) is 0 Å². The van der Waals surface area contributed by atoms with Crippen molar-refractivity contribution in [1.29, 1.82) is 0 Å². The van der Waals surface area contributed by atoms with Crippen LogP contribution in [0, 0.1) is 0 Å². The van der Waals surface area contributed by atoms with E-state index >= 15 is 0 Å². The minimum atomic E-state index is -5.17. The van der Waals surface area contributed by atoms with E-state index < -0.39 is 10.4 Å². The van der Waals surface area contributed by atoms with Gasteiger partial charge in [0.05, 0.1) is 0 Å². The van der Waals surface area contributed by atoms with Crippen LogP contribution in [0.3, 0.4) is 0 Å². The molecule has 0 spiro atoms. The lowest BCUT2D eigenvalue weighted by molar-refractivity contribution is 0.352. The molecule has 0 atom stereocenters. The third-order valence-electron chi connectivity index (χ3n) is 8.03. The van der Waals surface area contributed by atoms with Crippen molar-refractivity contribution in [2.75, 3.05) is 0 Å². The van der Waals surface area contributed by atoms with Gasteiger partial charge in [-0.3, -0.25) is 8.42 Å². The fraction of sp³-hybridized carbons (Fsp3) is 0. The van der Waals surface area contributed by atoms with Crippen LogP contribution in [0.1, 0.15) is 0 Å². The van der Waals surface area contributed by atoms with Gasteiger partial charge in [0.1, 0.15) is 0 Å². The number of hydrogen-bond donors (Lipinski definition) is 0. The van der Waals surface area contributed by atoms with Crippen molar-refractivity contribution in [3.8, 4) is 64.0 Å². The Balaban J connectivity index is 0.000000161. The maximum atomic E-state index is 8.52. The van der Waals surface area contributed by atoms with Crippen molar-refractivity contribution in [2.24, 2.45) is 0 Å². The standard InChI is InChI=1S/2C23H17S.H2O4S/c2*1-4-10-18(11-5-1)21-16-22(19-12-6-2-7-13-19)24-23(17-21)20-14-8-3-9-15-20;1-5(2,3)4/h2*1-17H;(H2,1,2,3,4)/q2*+1;/p-2. The molecule has 0 radical (unpaired) electrons. The van der Waals surface area contributed by atoms with Gasteiger partial charge in [0.15, 0.2) is 0 Å². The van der Waals surface area contributed by atoms with Gasteiger partial charge in [0.2, 0.25) is 42.2 Å². The molecule has 0 aliphatic rings. The van der Waals surface area contributed by atoms with Crippen molar-refractivity contribution in [3.63, 3.8) is 0 Å². The number of benzene rings is 6. The lowest BCUT2D eigenvalue weighted by atomic mass is 10.0. The second-order valence-electron chi connectivity index (χ2n) is 11.8. The second-order valence-corrected chi connectivity index (χ2v) is 14.7. The maximum absolute atomic E-state index is 8.52. The van der Waals surface area contributed by atoms with Gasteiger partial charge in [0, 0.05) is 56.9 Å². The van der Waals surface area contributed by atoms with Crippen LogP contribution in [-0.2, 0) is 10.4 Å². The highest BCUT2D eigenvalue weighted by atomic mass is 32.3. The van der Waals surface area contributed by atoms with Gasteiger partial charge in [-0.15, -0.1) is 0 Å². The smallest absolute Gasteiger partial charge is 0.239 e. The molecule has 0 saturated heterocycles. The third-order valence-corrected chi connectivity index (χ3v) is 10.3. The molecule has 8 aromatic rings. The summed E-state index contributed by atoms with van der Waals surface area (Å²) in [7, 11) is -5.17. The first-order chi connectivity index (χ1) is 25.8. The molecular formula is C46H34O4S3. The molecule has 2 heterocycles. The Labute approximate surface area is 319 Å². The zero-order valence-electron chi connectivity index (χ0n) is 28.5. The Morgan fingerprint density at radius 1 is 0.283 bits per heavy atom. The van der Waals surface area contributed by atoms with Crippen LogP contribution < -0.4 is 0 Å². The van der Waals surface area contributed by atoms with Crippen molar-refractivity contribution in [1.82, 2.24) is 0 Å². The van der Waals surface area contributed by atoms with Gasteiger partial charge in [-0.2, -0.15) is 0 Å². The van der Waals surface area contributed by atoms with Gasteiger partial charge in [-0.25, -0.2) is 0 Å². The predicted octanol–water partition coefficient (Wildman–Crippen LogP) is 12.7. The van der Waals surface area contributed by atoms with Crippen molar-refractivity contribution in [3.05, 3.63) is 206 Å². The first-order valence-corrected chi connectivity index (χ1v) is 19.7. The molecule has 53 heavy (non-hydrogen) atoms. The maximum Gasteiger partial charge on any atom is 0.239 e.